The van der Waals surface area contributed by atoms with Gasteiger partial charge in [0.15, 0.2) is 0 Å². The third-order valence-electron chi connectivity index (χ3n) is 7.36. The van der Waals surface area contributed by atoms with Crippen LogP contribution in [-0.4, -0.2) is 18.5 Å². The molecule has 0 unspecified atom stereocenters. The number of carbonyl (C=O) groups excluding carboxylic acids is 1. The SMILES string of the molecule is Cc1ccc(NC(=O)CN[C@@H](C)C23CC4CC(CC(C4)C2)C3)cc1C. The zero-order chi connectivity index (χ0) is 17.6. The van der Waals surface area contributed by atoms with Crippen molar-refractivity contribution in [3.63, 3.8) is 0 Å². The van der Waals surface area contributed by atoms with Crippen LogP contribution in [0.1, 0.15) is 56.6 Å². The topological polar surface area (TPSA) is 41.1 Å². The minimum atomic E-state index is 0.0693. The number of hydrogen-bond acceptors (Lipinski definition) is 2. The molecule has 136 valence electrons. The average Bonchev–Trinajstić information content (AvgIpc) is 2.55. The number of hydrogen-bond donors (Lipinski definition) is 2. The maximum Gasteiger partial charge on any atom is 0.238 e. The van der Waals surface area contributed by atoms with Crippen LogP contribution >= 0.6 is 0 Å². The van der Waals surface area contributed by atoms with E-state index in [0.717, 1.165) is 23.4 Å². The number of nitrogens with one attached hydrogen (secondary N) is 2. The lowest BCUT2D eigenvalue weighted by molar-refractivity contribution is -0.116. The monoisotopic (exact) mass is 340 g/mol. The van der Waals surface area contributed by atoms with Gasteiger partial charge in [-0.25, -0.2) is 0 Å². The number of amides is 1. The third-order valence-corrected chi connectivity index (χ3v) is 7.36. The number of rotatable bonds is 5. The molecule has 1 aromatic carbocycles. The molecule has 0 saturated heterocycles. The molecule has 25 heavy (non-hydrogen) atoms. The molecule has 0 heterocycles. The summed E-state index contributed by atoms with van der Waals surface area (Å²) in [5.74, 6) is 2.94. The molecular weight excluding hydrogens is 308 g/mol. The van der Waals surface area contributed by atoms with Gasteiger partial charge in [0.1, 0.15) is 0 Å². The highest BCUT2D eigenvalue weighted by Gasteiger charge is 2.52. The molecule has 3 nitrogen and oxygen atoms in total. The maximum absolute atomic E-state index is 12.4. The molecule has 4 saturated carbocycles. The predicted octanol–water partition coefficient (Wildman–Crippen LogP) is 4.44. The first-order chi connectivity index (χ1) is 11.9. The summed E-state index contributed by atoms with van der Waals surface area (Å²) in [4.78, 5) is 12.4. The smallest absolute Gasteiger partial charge is 0.238 e. The van der Waals surface area contributed by atoms with Gasteiger partial charge in [-0.3, -0.25) is 4.79 Å². The summed E-state index contributed by atoms with van der Waals surface area (Å²) in [5.41, 5.74) is 3.83. The standard InChI is InChI=1S/C22H32N2O/c1-14-4-5-20(6-15(14)2)24-21(25)13-23-16(3)22-10-17-7-18(11-22)9-19(8-17)12-22/h4-6,16-19,23H,7-13H2,1-3H3,(H,24,25)/t16-,17?,18?,19?,22?/m0/s1. The fourth-order valence-corrected chi connectivity index (χ4v) is 6.19. The van der Waals surface area contributed by atoms with Crippen molar-refractivity contribution in [2.45, 2.75) is 65.3 Å². The lowest BCUT2D eigenvalue weighted by Crippen LogP contribution is -2.55. The summed E-state index contributed by atoms with van der Waals surface area (Å²) in [6.45, 7) is 6.90. The van der Waals surface area contributed by atoms with E-state index in [0.29, 0.717) is 18.0 Å². The van der Waals surface area contributed by atoms with Crippen molar-refractivity contribution in [1.29, 1.82) is 0 Å². The van der Waals surface area contributed by atoms with Gasteiger partial charge in [0, 0.05) is 11.7 Å². The summed E-state index contributed by atoms with van der Waals surface area (Å²) in [5, 5.41) is 6.61. The van der Waals surface area contributed by atoms with Crippen molar-refractivity contribution in [2.24, 2.45) is 23.2 Å². The van der Waals surface area contributed by atoms with Crippen LogP contribution < -0.4 is 10.6 Å². The van der Waals surface area contributed by atoms with Crippen molar-refractivity contribution in [1.82, 2.24) is 5.32 Å². The molecule has 5 rings (SSSR count). The first kappa shape index (κ1) is 17.1. The lowest BCUT2D eigenvalue weighted by atomic mass is 9.48. The van der Waals surface area contributed by atoms with E-state index in [1.54, 1.807) is 0 Å². The van der Waals surface area contributed by atoms with Crippen LogP contribution in [0.4, 0.5) is 5.69 Å². The predicted molar refractivity (Wildman–Crippen MR) is 103 cm³/mol. The van der Waals surface area contributed by atoms with E-state index >= 15 is 0 Å². The van der Waals surface area contributed by atoms with E-state index in [1.165, 1.54) is 49.7 Å². The summed E-state index contributed by atoms with van der Waals surface area (Å²) in [6.07, 6.45) is 8.56. The van der Waals surface area contributed by atoms with Gasteiger partial charge in [0.05, 0.1) is 6.54 Å². The Labute approximate surface area is 152 Å². The maximum atomic E-state index is 12.4. The summed E-state index contributed by atoms with van der Waals surface area (Å²) in [7, 11) is 0. The van der Waals surface area contributed by atoms with E-state index in [9.17, 15) is 4.79 Å². The molecule has 4 fully saturated rings. The van der Waals surface area contributed by atoms with E-state index in [1.807, 2.05) is 6.07 Å². The molecule has 0 aliphatic heterocycles. The largest absolute Gasteiger partial charge is 0.325 e. The quantitative estimate of drug-likeness (QED) is 0.832. The summed E-state index contributed by atoms with van der Waals surface area (Å²) >= 11 is 0. The number of benzene rings is 1. The highest BCUT2D eigenvalue weighted by molar-refractivity contribution is 5.92. The Morgan fingerprint density at radius 2 is 1.68 bits per heavy atom. The van der Waals surface area contributed by atoms with Crippen LogP contribution in [0, 0.1) is 37.0 Å². The molecule has 1 atom stereocenters. The normalized spacial score (nSPS) is 34.1. The van der Waals surface area contributed by atoms with Gasteiger partial charge in [-0.2, -0.15) is 0 Å². The second-order valence-electron chi connectivity index (χ2n) is 9.23. The molecule has 1 aromatic rings. The zero-order valence-corrected chi connectivity index (χ0v) is 15.9. The van der Waals surface area contributed by atoms with Crippen LogP contribution in [0.5, 0.6) is 0 Å². The van der Waals surface area contributed by atoms with Crippen LogP contribution in [0.2, 0.25) is 0 Å². The lowest BCUT2D eigenvalue weighted by Gasteiger charge is -2.59. The number of aryl methyl sites for hydroxylation is 2. The van der Waals surface area contributed by atoms with E-state index in [-0.39, 0.29) is 5.91 Å². The number of anilines is 1. The van der Waals surface area contributed by atoms with Crippen molar-refractivity contribution < 1.29 is 4.79 Å². The van der Waals surface area contributed by atoms with Crippen LogP contribution in [0.25, 0.3) is 0 Å². The van der Waals surface area contributed by atoms with Crippen LogP contribution in [0.15, 0.2) is 18.2 Å². The summed E-state index contributed by atoms with van der Waals surface area (Å²) in [6, 6.07) is 6.54. The molecule has 0 radical (unpaired) electrons. The Morgan fingerprint density at radius 1 is 1.08 bits per heavy atom. The minimum absolute atomic E-state index is 0.0693. The second kappa shape index (κ2) is 6.42. The highest BCUT2D eigenvalue weighted by Crippen LogP contribution is 2.61. The molecule has 2 N–H and O–H groups in total. The first-order valence-electron chi connectivity index (χ1n) is 10.0. The number of carbonyl (C=O) groups is 1. The van der Waals surface area contributed by atoms with Gasteiger partial charge in [0.25, 0.3) is 0 Å². The Hall–Kier alpha value is -1.35. The van der Waals surface area contributed by atoms with Gasteiger partial charge in [0.2, 0.25) is 5.91 Å². The van der Waals surface area contributed by atoms with Gasteiger partial charge in [-0.05, 0) is 106 Å². The van der Waals surface area contributed by atoms with Gasteiger partial charge in [-0.1, -0.05) is 6.07 Å². The highest BCUT2D eigenvalue weighted by atomic mass is 16.1. The van der Waals surface area contributed by atoms with Crippen molar-refractivity contribution in [3.05, 3.63) is 29.3 Å². The van der Waals surface area contributed by atoms with Gasteiger partial charge < -0.3 is 10.6 Å². The molecule has 0 aromatic heterocycles. The van der Waals surface area contributed by atoms with Crippen molar-refractivity contribution in [3.8, 4) is 0 Å². The Kier molecular flexibility index (Phi) is 4.39. The fourth-order valence-electron chi connectivity index (χ4n) is 6.19. The average molecular weight is 341 g/mol. The van der Waals surface area contributed by atoms with Crippen molar-refractivity contribution >= 4 is 11.6 Å². The fraction of sp³-hybridized carbons (Fsp3) is 0.682. The second-order valence-corrected chi connectivity index (χ2v) is 9.23. The van der Waals surface area contributed by atoms with E-state index in [2.05, 4.69) is 43.5 Å². The van der Waals surface area contributed by atoms with Crippen molar-refractivity contribution in [2.75, 3.05) is 11.9 Å². The summed E-state index contributed by atoms with van der Waals surface area (Å²) < 4.78 is 0. The Bertz CT molecular complexity index is 631. The molecule has 4 aliphatic rings. The Morgan fingerprint density at radius 3 is 2.24 bits per heavy atom. The van der Waals surface area contributed by atoms with Gasteiger partial charge in [-0.15, -0.1) is 0 Å². The van der Waals surface area contributed by atoms with E-state index in [4.69, 9.17) is 0 Å². The van der Waals surface area contributed by atoms with Crippen LogP contribution in [0.3, 0.4) is 0 Å². The van der Waals surface area contributed by atoms with E-state index < -0.39 is 0 Å². The Balaban J connectivity index is 1.33. The third kappa shape index (κ3) is 3.36. The van der Waals surface area contributed by atoms with Gasteiger partial charge >= 0.3 is 0 Å². The molecular formula is C22H32N2O. The molecule has 4 aliphatic carbocycles. The molecule has 3 heteroatoms. The molecule has 1 amide bonds. The van der Waals surface area contributed by atoms with Crippen LogP contribution in [-0.2, 0) is 4.79 Å². The molecule has 4 bridgehead atoms. The minimum Gasteiger partial charge on any atom is -0.325 e. The first-order valence-corrected chi connectivity index (χ1v) is 10.0. The zero-order valence-electron chi connectivity index (χ0n) is 15.9. The molecule has 0 spiro atoms.